The molecule has 0 N–H and O–H groups in total. The number of thiazole rings is 1. The summed E-state index contributed by atoms with van der Waals surface area (Å²) in [5.41, 5.74) is 2.14. The van der Waals surface area contributed by atoms with Crippen molar-refractivity contribution in [2.75, 3.05) is 0 Å². The molecule has 2 aromatic rings. The largest absolute Gasteiger partial charge is 0.259 e. The van der Waals surface area contributed by atoms with Gasteiger partial charge in [0.25, 0.3) is 0 Å². The molecule has 106 valence electrons. The van der Waals surface area contributed by atoms with Crippen molar-refractivity contribution >= 4 is 22.1 Å². The van der Waals surface area contributed by atoms with E-state index in [0.717, 1.165) is 11.3 Å². The minimum atomic E-state index is -0.866. The topological polar surface area (TPSA) is 30.0 Å². The second kappa shape index (κ2) is 6.64. The summed E-state index contributed by atoms with van der Waals surface area (Å²) in [5, 5.41) is 3.35. The maximum atomic E-state index is 12.2. The van der Waals surface area contributed by atoms with Crippen molar-refractivity contribution in [2.45, 2.75) is 43.1 Å². The van der Waals surface area contributed by atoms with Crippen LogP contribution in [0.15, 0.2) is 35.7 Å². The fourth-order valence-electron chi connectivity index (χ4n) is 2.73. The second-order valence-corrected chi connectivity index (χ2v) is 7.72. The molecular formula is C16H19NOS2. The highest BCUT2D eigenvalue weighted by Gasteiger charge is 2.20. The molecule has 1 atom stereocenters. The van der Waals surface area contributed by atoms with Crippen LogP contribution in [0.3, 0.4) is 0 Å². The summed E-state index contributed by atoms with van der Waals surface area (Å²) in [6, 6.07) is 10.0. The summed E-state index contributed by atoms with van der Waals surface area (Å²) < 4.78 is 12.2. The van der Waals surface area contributed by atoms with E-state index >= 15 is 0 Å². The molecule has 0 radical (unpaired) electrons. The first kappa shape index (κ1) is 14.0. The monoisotopic (exact) mass is 305 g/mol. The molecule has 1 aliphatic carbocycles. The van der Waals surface area contributed by atoms with Gasteiger partial charge in [0, 0.05) is 27.9 Å². The van der Waals surface area contributed by atoms with Gasteiger partial charge in [0.05, 0.1) is 16.5 Å². The van der Waals surface area contributed by atoms with E-state index in [2.05, 4.69) is 5.38 Å². The van der Waals surface area contributed by atoms with Crippen LogP contribution in [0.4, 0.5) is 0 Å². The zero-order valence-electron chi connectivity index (χ0n) is 11.5. The average molecular weight is 305 g/mol. The third kappa shape index (κ3) is 3.55. The van der Waals surface area contributed by atoms with Gasteiger partial charge in [0.2, 0.25) is 0 Å². The zero-order chi connectivity index (χ0) is 13.8. The van der Waals surface area contributed by atoms with Gasteiger partial charge >= 0.3 is 0 Å². The molecule has 0 aliphatic heterocycles. The summed E-state index contributed by atoms with van der Waals surface area (Å²) in [4.78, 5) is 4.70. The van der Waals surface area contributed by atoms with E-state index in [0.29, 0.717) is 17.4 Å². The van der Waals surface area contributed by atoms with Gasteiger partial charge in [-0.05, 0) is 18.4 Å². The molecule has 1 saturated carbocycles. The van der Waals surface area contributed by atoms with Gasteiger partial charge in [0.15, 0.2) is 0 Å². The van der Waals surface area contributed by atoms with E-state index in [1.165, 1.54) is 30.7 Å². The lowest BCUT2D eigenvalue weighted by Crippen LogP contribution is -2.00. The van der Waals surface area contributed by atoms with Crippen molar-refractivity contribution in [3.05, 3.63) is 52.0 Å². The molecule has 2 nitrogen and oxygen atoms in total. The Morgan fingerprint density at radius 2 is 1.90 bits per heavy atom. The van der Waals surface area contributed by atoms with Gasteiger partial charge in [-0.2, -0.15) is 0 Å². The Labute approximate surface area is 126 Å². The molecule has 3 rings (SSSR count). The van der Waals surface area contributed by atoms with Crippen LogP contribution in [0.5, 0.6) is 0 Å². The maximum absolute atomic E-state index is 12.2. The molecule has 1 aliphatic rings. The number of aromatic nitrogens is 1. The van der Waals surface area contributed by atoms with E-state index in [1.807, 2.05) is 30.3 Å². The maximum Gasteiger partial charge on any atom is 0.0959 e. The Kier molecular flexibility index (Phi) is 4.63. The Hall–Kier alpha value is -1.00. The Bertz CT molecular complexity index is 573. The molecule has 1 fully saturated rings. The lowest BCUT2D eigenvalue weighted by Gasteiger charge is -2.03. The van der Waals surface area contributed by atoms with Crippen LogP contribution < -0.4 is 0 Å². The van der Waals surface area contributed by atoms with Crippen LogP contribution >= 0.6 is 11.3 Å². The first-order chi connectivity index (χ1) is 9.81. The molecule has 0 amide bonds. The molecule has 1 aromatic carbocycles. The quantitative estimate of drug-likeness (QED) is 0.826. The minimum Gasteiger partial charge on any atom is -0.259 e. The van der Waals surface area contributed by atoms with Gasteiger partial charge in [0.1, 0.15) is 0 Å². The number of rotatable bonds is 5. The highest BCUT2D eigenvalue weighted by Crippen LogP contribution is 2.35. The van der Waals surface area contributed by atoms with Gasteiger partial charge in [-0.25, -0.2) is 4.98 Å². The fraction of sp³-hybridized carbons (Fsp3) is 0.438. The van der Waals surface area contributed by atoms with Gasteiger partial charge < -0.3 is 0 Å². The minimum absolute atomic E-state index is 0.581. The van der Waals surface area contributed by atoms with E-state index in [-0.39, 0.29) is 0 Å². The van der Waals surface area contributed by atoms with Crippen molar-refractivity contribution in [1.29, 1.82) is 0 Å². The zero-order valence-corrected chi connectivity index (χ0v) is 13.1. The van der Waals surface area contributed by atoms with Crippen LogP contribution in [-0.4, -0.2) is 9.19 Å². The SMILES string of the molecule is O=S(Cc1ccccc1)Cc1csc(C2CCCC2)n1. The van der Waals surface area contributed by atoms with Gasteiger partial charge in [-0.15, -0.1) is 11.3 Å². The molecule has 0 saturated heterocycles. The molecule has 1 aromatic heterocycles. The second-order valence-electron chi connectivity index (χ2n) is 5.37. The van der Waals surface area contributed by atoms with E-state index in [4.69, 9.17) is 4.98 Å². The molecule has 0 spiro atoms. The Balaban J connectivity index is 1.59. The van der Waals surface area contributed by atoms with E-state index < -0.39 is 10.8 Å². The Morgan fingerprint density at radius 3 is 2.65 bits per heavy atom. The van der Waals surface area contributed by atoms with Crippen LogP contribution in [0, 0.1) is 0 Å². The predicted molar refractivity (Wildman–Crippen MR) is 85.3 cm³/mol. The van der Waals surface area contributed by atoms with E-state index in [9.17, 15) is 4.21 Å². The van der Waals surface area contributed by atoms with Crippen molar-refractivity contribution < 1.29 is 4.21 Å². The number of nitrogens with zero attached hydrogens (tertiary/aromatic N) is 1. The number of hydrogen-bond donors (Lipinski definition) is 0. The molecule has 0 bridgehead atoms. The lowest BCUT2D eigenvalue weighted by molar-refractivity contribution is 0.681. The summed E-state index contributed by atoms with van der Waals surface area (Å²) in [7, 11) is -0.866. The summed E-state index contributed by atoms with van der Waals surface area (Å²) in [5.74, 6) is 1.87. The highest BCUT2D eigenvalue weighted by atomic mass is 32.2. The summed E-state index contributed by atoms with van der Waals surface area (Å²) in [6.45, 7) is 0. The number of benzene rings is 1. The highest BCUT2D eigenvalue weighted by molar-refractivity contribution is 7.83. The van der Waals surface area contributed by atoms with Gasteiger partial charge in [-0.3, -0.25) is 4.21 Å². The molecule has 1 heterocycles. The molecular weight excluding hydrogens is 286 g/mol. The summed E-state index contributed by atoms with van der Waals surface area (Å²) >= 11 is 1.75. The van der Waals surface area contributed by atoms with Crippen molar-refractivity contribution in [3.8, 4) is 0 Å². The van der Waals surface area contributed by atoms with E-state index in [1.54, 1.807) is 11.3 Å². The Morgan fingerprint density at radius 1 is 1.15 bits per heavy atom. The van der Waals surface area contributed by atoms with Crippen molar-refractivity contribution in [2.24, 2.45) is 0 Å². The van der Waals surface area contributed by atoms with Gasteiger partial charge in [-0.1, -0.05) is 43.2 Å². The van der Waals surface area contributed by atoms with Crippen LogP contribution in [0.25, 0.3) is 0 Å². The first-order valence-corrected chi connectivity index (χ1v) is 9.51. The predicted octanol–water partition coefficient (Wildman–Crippen LogP) is 4.25. The normalized spacial score (nSPS) is 17.4. The molecule has 20 heavy (non-hydrogen) atoms. The average Bonchev–Trinajstić information content (AvgIpc) is 3.10. The smallest absolute Gasteiger partial charge is 0.0959 e. The van der Waals surface area contributed by atoms with Crippen LogP contribution in [0.2, 0.25) is 0 Å². The lowest BCUT2D eigenvalue weighted by atomic mass is 10.1. The third-order valence-corrected chi connectivity index (χ3v) is 6.08. The van der Waals surface area contributed by atoms with Crippen molar-refractivity contribution in [1.82, 2.24) is 4.98 Å². The molecule has 4 heteroatoms. The van der Waals surface area contributed by atoms with Crippen molar-refractivity contribution in [3.63, 3.8) is 0 Å². The van der Waals surface area contributed by atoms with Crippen LogP contribution in [0.1, 0.15) is 47.9 Å². The first-order valence-electron chi connectivity index (χ1n) is 7.14. The fourth-order valence-corrected chi connectivity index (χ4v) is 4.97. The van der Waals surface area contributed by atoms with Crippen LogP contribution in [-0.2, 0) is 22.3 Å². The third-order valence-electron chi connectivity index (χ3n) is 3.75. The molecule has 1 unspecified atom stereocenters. The standard InChI is InChI=1S/C16H19NOS2/c18-20(11-13-6-2-1-3-7-13)12-15-10-19-16(17-15)14-8-4-5-9-14/h1-3,6-7,10,14H,4-5,8-9,11-12H2. The number of hydrogen-bond acceptors (Lipinski definition) is 3. The summed E-state index contributed by atoms with van der Waals surface area (Å²) in [6.07, 6.45) is 5.22.